The highest BCUT2D eigenvalue weighted by molar-refractivity contribution is 5.91. The highest BCUT2D eigenvalue weighted by atomic mass is 16.1. The van der Waals surface area contributed by atoms with Gasteiger partial charge < -0.3 is 10.2 Å². The third-order valence-corrected chi connectivity index (χ3v) is 6.73. The van der Waals surface area contributed by atoms with Crippen LogP contribution in [0.4, 0.5) is 0 Å². The van der Waals surface area contributed by atoms with Crippen LogP contribution in [0.5, 0.6) is 0 Å². The monoisotopic (exact) mass is 441 g/mol. The topological polar surface area (TPSA) is 45.2 Å². The number of unbranched alkanes of at least 4 members (excludes halogenated alkanes) is 1. The number of benzene rings is 2. The molecule has 0 saturated carbocycles. The average Bonchev–Trinajstić information content (AvgIpc) is 2.87. The number of pyridine rings is 1. The van der Waals surface area contributed by atoms with E-state index in [1.54, 1.807) is 24.5 Å². The van der Waals surface area contributed by atoms with Gasteiger partial charge in [-0.15, -0.1) is 0 Å². The summed E-state index contributed by atoms with van der Waals surface area (Å²) < 4.78 is 0. The van der Waals surface area contributed by atoms with Crippen molar-refractivity contribution < 1.29 is 4.79 Å². The molecular formula is C29H35N3O. The number of carbonyl (C=O) groups excluding carboxylic acids is 1. The number of rotatable bonds is 10. The first-order valence-corrected chi connectivity index (χ1v) is 12.3. The molecule has 0 unspecified atom stereocenters. The minimum Gasteiger partial charge on any atom is -0.353 e. The molecule has 2 heterocycles. The van der Waals surface area contributed by atoms with E-state index in [0.29, 0.717) is 0 Å². The van der Waals surface area contributed by atoms with Crippen molar-refractivity contribution in [2.45, 2.75) is 38.5 Å². The van der Waals surface area contributed by atoms with Gasteiger partial charge in [0.05, 0.1) is 0 Å². The summed E-state index contributed by atoms with van der Waals surface area (Å²) in [5.41, 5.74) is 2.41. The minimum absolute atomic E-state index is 0.0293. The van der Waals surface area contributed by atoms with Crippen molar-refractivity contribution >= 4 is 22.8 Å². The lowest BCUT2D eigenvalue weighted by atomic mass is 9.91. The molecule has 0 aliphatic carbocycles. The van der Waals surface area contributed by atoms with Crippen LogP contribution >= 0.6 is 0 Å². The Balaban J connectivity index is 1.08. The second-order valence-corrected chi connectivity index (χ2v) is 9.08. The number of likely N-dealkylation sites (tertiary alicyclic amines) is 1. The third-order valence-electron chi connectivity index (χ3n) is 6.73. The maximum Gasteiger partial charge on any atom is 0.243 e. The van der Waals surface area contributed by atoms with Crippen LogP contribution in [-0.2, 0) is 11.2 Å². The Kier molecular flexibility index (Phi) is 8.65. The molecule has 4 nitrogen and oxygen atoms in total. The molecule has 2 aromatic carbocycles. The normalized spacial score (nSPS) is 15.3. The van der Waals surface area contributed by atoms with Crippen LogP contribution in [-0.4, -0.2) is 42.0 Å². The van der Waals surface area contributed by atoms with E-state index < -0.39 is 0 Å². The van der Waals surface area contributed by atoms with Gasteiger partial charge in [-0.2, -0.15) is 0 Å². The Bertz CT molecular complexity index is 1030. The van der Waals surface area contributed by atoms with Crippen LogP contribution in [0.15, 0.2) is 73.1 Å². The van der Waals surface area contributed by atoms with Gasteiger partial charge in [0.15, 0.2) is 0 Å². The van der Waals surface area contributed by atoms with Crippen molar-refractivity contribution in [1.82, 2.24) is 15.2 Å². The molecule has 1 N–H and O–H groups in total. The smallest absolute Gasteiger partial charge is 0.243 e. The summed E-state index contributed by atoms with van der Waals surface area (Å²) in [5, 5.41) is 5.73. The minimum atomic E-state index is -0.0293. The van der Waals surface area contributed by atoms with E-state index in [0.717, 1.165) is 37.4 Å². The SMILES string of the molecule is O=C(C=Cc1cccnc1)NCCCCC1CCN(CCc2cccc3ccccc23)CC1. The molecule has 1 aromatic heterocycles. The summed E-state index contributed by atoms with van der Waals surface area (Å²) in [4.78, 5) is 18.6. The number of nitrogens with one attached hydrogen (secondary N) is 1. The van der Waals surface area contributed by atoms with Gasteiger partial charge in [-0.1, -0.05) is 61.4 Å². The number of piperidine rings is 1. The molecule has 33 heavy (non-hydrogen) atoms. The Morgan fingerprint density at radius 2 is 1.88 bits per heavy atom. The molecule has 4 heteroatoms. The van der Waals surface area contributed by atoms with E-state index in [4.69, 9.17) is 0 Å². The molecule has 1 fully saturated rings. The van der Waals surface area contributed by atoms with E-state index in [-0.39, 0.29) is 5.91 Å². The summed E-state index contributed by atoms with van der Waals surface area (Å²) >= 11 is 0. The number of nitrogens with zero attached hydrogens (tertiary/aromatic N) is 2. The fraction of sp³-hybridized carbons (Fsp3) is 0.379. The molecule has 0 bridgehead atoms. The molecule has 1 aliphatic heterocycles. The van der Waals surface area contributed by atoms with Crippen molar-refractivity contribution in [2.75, 3.05) is 26.2 Å². The predicted octanol–water partition coefficient (Wildman–Crippen LogP) is 5.49. The molecular weight excluding hydrogens is 406 g/mol. The predicted molar refractivity (Wildman–Crippen MR) is 137 cm³/mol. The molecule has 3 aromatic rings. The Hall–Kier alpha value is -2.98. The first kappa shape index (κ1) is 23.2. The van der Waals surface area contributed by atoms with Crippen LogP contribution in [0.3, 0.4) is 0 Å². The maximum absolute atomic E-state index is 11.9. The Morgan fingerprint density at radius 1 is 1.03 bits per heavy atom. The van der Waals surface area contributed by atoms with E-state index >= 15 is 0 Å². The third kappa shape index (κ3) is 7.26. The van der Waals surface area contributed by atoms with Crippen molar-refractivity contribution in [2.24, 2.45) is 5.92 Å². The second kappa shape index (κ2) is 12.3. The highest BCUT2D eigenvalue weighted by Crippen LogP contribution is 2.24. The van der Waals surface area contributed by atoms with Gasteiger partial charge in [-0.05, 0) is 78.7 Å². The van der Waals surface area contributed by atoms with Crippen LogP contribution in [0.2, 0.25) is 0 Å². The summed E-state index contributed by atoms with van der Waals surface area (Å²) in [6.45, 7) is 4.33. The summed E-state index contributed by atoms with van der Waals surface area (Å²) in [5.74, 6) is 0.804. The summed E-state index contributed by atoms with van der Waals surface area (Å²) in [7, 11) is 0. The van der Waals surface area contributed by atoms with Crippen LogP contribution in [0, 0.1) is 5.92 Å². The highest BCUT2D eigenvalue weighted by Gasteiger charge is 2.18. The van der Waals surface area contributed by atoms with Crippen molar-refractivity contribution in [3.05, 3.63) is 84.2 Å². The number of hydrogen-bond donors (Lipinski definition) is 1. The molecule has 1 aliphatic rings. The van der Waals surface area contributed by atoms with E-state index in [1.165, 1.54) is 55.1 Å². The lowest BCUT2D eigenvalue weighted by molar-refractivity contribution is -0.116. The number of aromatic nitrogens is 1. The molecule has 0 atom stereocenters. The van der Waals surface area contributed by atoms with E-state index in [9.17, 15) is 4.79 Å². The number of carbonyl (C=O) groups is 1. The van der Waals surface area contributed by atoms with Gasteiger partial charge in [0.25, 0.3) is 0 Å². The fourth-order valence-electron chi connectivity index (χ4n) is 4.76. The van der Waals surface area contributed by atoms with E-state index in [1.807, 2.05) is 12.1 Å². The van der Waals surface area contributed by atoms with Crippen molar-refractivity contribution in [1.29, 1.82) is 0 Å². The molecule has 172 valence electrons. The number of amides is 1. The largest absolute Gasteiger partial charge is 0.353 e. The summed E-state index contributed by atoms with van der Waals surface area (Å²) in [6.07, 6.45) is 14.1. The fourth-order valence-corrected chi connectivity index (χ4v) is 4.76. The molecule has 1 amide bonds. The lowest BCUT2D eigenvalue weighted by Gasteiger charge is -2.32. The van der Waals surface area contributed by atoms with Crippen molar-refractivity contribution in [3.63, 3.8) is 0 Å². The Labute approximate surface area is 197 Å². The molecule has 0 radical (unpaired) electrons. The molecule has 0 spiro atoms. The van der Waals surface area contributed by atoms with Gasteiger partial charge >= 0.3 is 0 Å². The zero-order valence-electron chi connectivity index (χ0n) is 19.5. The molecule has 4 rings (SSSR count). The number of hydrogen-bond acceptors (Lipinski definition) is 3. The van der Waals surface area contributed by atoms with E-state index in [2.05, 4.69) is 57.7 Å². The second-order valence-electron chi connectivity index (χ2n) is 9.08. The van der Waals surface area contributed by atoms with Gasteiger partial charge in [0.2, 0.25) is 5.91 Å². The maximum atomic E-state index is 11.9. The standard InChI is InChI=1S/C29H35N3O/c33-29(14-13-25-8-6-18-30-23-25)31-19-4-3-7-24-15-20-32(21-16-24)22-17-27-11-5-10-26-9-1-2-12-28(26)27/h1-2,5-6,8-14,18,23-24H,3-4,7,15-17,19-22H2,(H,31,33). The zero-order valence-corrected chi connectivity index (χ0v) is 19.5. The quantitative estimate of drug-likeness (QED) is 0.334. The van der Waals surface area contributed by atoms with Gasteiger partial charge in [-0.3, -0.25) is 9.78 Å². The van der Waals surface area contributed by atoms with Gasteiger partial charge in [0, 0.05) is 31.6 Å². The van der Waals surface area contributed by atoms with Gasteiger partial charge in [0.1, 0.15) is 0 Å². The Morgan fingerprint density at radius 3 is 2.73 bits per heavy atom. The average molecular weight is 442 g/mol. The first-order chi connectivity index (χ1) is 16.3. The van der Waals surface area contributed by atoms with Crippen LogP contribution in [0.1, 0.15) is 43.2 Å². The summed E-state index contributed by atoms with van der Waals surface area (Å²) in [6, 6.07) is 19.2. The van der Waals surface area contributed by atoms with Crippen molar-refractivity contribution in [3.8, 4) is 0 Å². The lowest BCUT2D eigenvalue weighted by Crippen LogP contribution is -2.35. The molecule has 1 saturated heterocycles. The van der Waals surface area contributed by atoms with Crippen LogP contribution in [0.25, 0.3) is 16.8 Å². The zero-order chi connectivity index (χ0) is 22.7. The van der Waals surface area contributed by atoms with Crippen LogP contribution < -0.4 is 5.32 Å². The van der Waals surface area contributed by atoms with Gasteiger partial charge in [-0.25, -0.2) is 0 Å². The first-order valence-electron chi connectivity index (χ1n) is 12.3. The number of fused-ring (bicyclic) bond motifs is 1.